The summed E-state index contributed by atoms with van der Waals surface area (Å²) in [6.45, 7) is 1.03. The van der Waals surface area contributed by atoms with Gasteiger partial charge in [0.1, 0.15) is 11.6 Å². The SMILES string of the molecule is CC(Oc1ccccc1F)C(=O)NNC(=O)COc1ccc(F)cc1. The average Bonchev–Trinajstić information content (AvgIpc) is 2.61. The largest absolute Gasteiger partial charge is 0.484 e. The standard InChI is InChI=1S/C17H16F2N2O4/c1-11(25-15-5-3-2-4-14(15)19)17(23)21-20-16(22)10-24-13-8-6-12(18)7-9-13/h2-9,11H,10H2,1H3,(H,20,22)(H,21,23). The molecule has 1 unspecified atom stereocenters. The lowest BCUT2D eigenvalue weighted by atomic mass is 10.3. The molecule has 0 aliphatic rings. The smallest absolute Gasteiger partial charge is 0.279 e. The molecule has 6 nitrogen and oxygen atoms in total. The fourth-order valence-electron chi connectivity index (χ4n) is 1.73. The lowest BCUT2D eigenvalue weighted by Gasteiger charge is -2.15. The molecule has 0 radical (unpaired) electrons. The van der Waals surface area contributed by atoms with Gasteiger partial charge in [-0.05, 0) is 43.3 Å². The third kappa shape index (κ3) is 5.76. The van der Waals surface area contributed by atoms with Gasteiger partial charge in [-0.15, -0.1) is 0 Å². The first-order chi connectivity index (χ1) is 12.0. The van der Waals surface area contributed by atoms with Crippen LogP contribution in [0, 0.1) is 11.6 Å². The zero-order chi connectivity index (χ0) is 18.2. The molecule has 0 fully saturated rings. The minimum Gasteiger partial charge on any atom is -0.484 e. The van der Waals surface area contributed by atoms with Gasteiger partial charge in [-0.1, -0.05) is 12.1 Å². The number of halogens is 2. The summed E-state index contributed by atoms with van der Waals surface area (Å²) in [5, 5.41) is 0. The van der Waals surface area contributed by atoms with Crippen molar-refractivity contribution >= 4 is 11.8 Å². The number of nitrogens with one attached hydrogen (secondary N) is 2. The number of benzene rings is 2. The van der Waals surface area contributed by atoms with Crippen LogP contribution in [0.4, 0.5) is 8.78 Å². The van der Waals surface area contributed by atoms with Gasteiger partial charge in [-0.3, -0.25) is 20.4 Å². The van der Waals surface area contributed by atoms with Gasteiger partial charge < -0.3 is 9.47 Å². The molecule has 2 aromatic rings. The molecule has 25 heavy (non-hydrogen) atoms. The third-order valence-corrected chi connectivity index (χ3v) is 3.02. The van der Waals surface area contributed by atoms with Crippen molar-refractivity contribution in [3.05, 3.63) is 60.2 Å². The highest BCUT2D eigenvalue weighted by Gasteiger charge is 2.17. The molecule has 2 N–H and O–H groups in total. The van der Waals surface area contributed by atoms with E-state index in [4.69, 9.17) is 9.47 Å². The Balaban J connectivity index is 1.74. The van der Waals surface area contributed by atoms with E-state index in [9.17, 15) is 18.4 Å². The van der Waals surface area contributed by atoms with E-state index in [0.29, 0.717) is 5.75 Å². The van der Waals surface area contributed by atoms with E-state index in [0.717, 1.165) is 0 Å². The number of carbonyl (C=O) groups excluding carboxylic acids is 2. The summed E-state index contributed by atoms with van der Waals surface area (Å²) in [5.41, 5.74) is 4.28. The zero-order valence-electron chi connectivity index (χ0n) is 13.3. The van der Waals surface area contributed by atoms with Crippen molar-refractivity contribution in [1.82, 2.24) is 10.9 Å². The molecule has 0 saturated heterocycles. The second-order valence-electron chi connectivity index (χ2n) is 4.97. The zero-order valence-corrected chi connectivity index (χ0v) is 13.3. The van der Waals surface area contributed by atoms with Gasteiger partial charge in [-0.25, -0.2) is 8.78 Å². The van der Waals surface area contributed by atoms with Crippen molar-refractivity contribution in [3.8, 4) is 11.5 Å². The van der Waals surface area contributed by atoms with Crippen molar-refractivity contribution in [1.29, 1.82) is 0 Å². The summed E-state index contributed by atoms with van der Waals surface area (Å²) in [4.78, 5) is 23.4. The fourth-order valence-corrected chi connectivity index (χ4v) is 1.73. The number of amides is 2. The van der Waals surface area contributed by atoms with Crippen molar-refractivity contribution < 1.29 is 27.8 Å². The van der Waals surface area contributed by atoms with Crippen molar-refractivity contribution in [3.63, 3.8) is 0 Å². The van der Waals surface area contributed by atoms with Gasteiger partial charge in [0.25, 0.3) is 11.8 Å². The molecule has 8 heteroatoms. The summed E-state index contributed by atoms with van der Waals surface area (Å²) in [5.74, 6) is -2.09. The lowest BCUT2D eigenvalue weighted by Crippen LogP contribution is -2.48. The molecular weight excluding hydrogens is 334 g/mol. The molecule has 2 amide bonds. The van der Waals surface area contributed by atoms with E-state index in [1.54, 1.807) is 6.07 Å². The van der Waals surface area contributed by atoms with Crippen LogP contribution in [0.5, 0.6) is 11.5 Å². The van der Waals surface area contributed by atoms with Crippen LogP contribution in [-0.2, 0) is 9.59 Å². The van der Waals surface area contributed by atoms with E-state index in [1.807, 2.05) is 0 Å². The average molecular weight is 350 g/mol. The number of hydrogen-bond acceptors (Lipinski definition) is 4. The van der Waals surface area contributed by atoms with Gasteiger partial charge in [0, 0.05) is 0 Å². The highest BCUT2D eigenvalue weighted by Crippen LogP contribution is 2.16. The normalized spacial score (nSPS) is 11.3. The molecule has 0 heterocycles. The van der Waals surface area contributed by atoms with Crippen molar-refractivity contribution in [2.45, 2.75) is 13.0 Å². The maximum absolute atomic E-state index is 13.4. The molecular formula is C17H16F2N2O4. The Kier molecular flexibility index (Phi) is 6.27. The topological polar surface area (TPSA) is 76.7 Å². The number of ether oxygens (including phenoxy) is 2. The summed E-state index contributed by atoms with van der Waals surface area (Å²) in [6, 6.07) is 10.8. The van der Waals surface area contributed by atoms with E-state index in [2.05, 4.69) is 10.9 Å². The Morgan fingerprint density at radius 1 is 1.04 bits per heavy atom. The van der Waals surface area contributed by atoms with Gasteiger partial charge in [0.05, 0.1) is 0 Å². The first-order valence-corrected chi connectivity index (χ1v) is 7.34. The second kappa shape index (κ2) is 8.62. The Bertz CT molecular complexity index is 738. The van der Waals surface area contributed by atoms with Crippen LogP contribution in [0.2, 0.25) is 0 Å². The highest BCUT2D eigenvalue weighted by molar-refractivity contribution is 5.85. The summed E-state index contributed by atoms with van der Waals surface area (Å²) >= 11 is 0. The number of para-hydroxylation sites is 1. The predicted octanol–water partition coefficient (Wildman–Crippen LogP) is 1.96. The third-order valence-electron chi connectivity index (χ3n) is 3.02. The van der Waals surface area contributed by atoms with Crippen LogP contribution in [0.15, 0.2) is 48.5 Å². The first-order valence-electron chi connectivity index (χ1n) is 7.34. The van der Waals surface area contributed by atoms with Crippen LogP contribution in [0.3, 0.4) is 0 Å². The maximum atomic E-state index is 13.4. The first kappa shape index (κ1) is 18.2. The van der Waals surface area contributed by atoms with Gasteiger partial charge in [0.15, 0.2) is 24.3 Å². The quantitative estimate of drug-likeness (QED) is 0.781. The molecule has 0 saturated carbocycles. The van der Waals surface area contributed by atoms with Crippen molar-refractivity contribution in [2.75, 3.05) is 6.61 Å². The van der Waals surface area contributed by atoms with Gasteiger partial charge >= 0.3 is 0 Å². The Hall–Kier alpha value is -3.16. The van der Waals surface area contributed by atoms with Gasteiger partial charge in [-0.2, -0.15) is 0 Å². The van der Waals surface area contributed by atoms with Crippen molar-refractivity contribution in [2.24, 2.45) is 0 Å². The predicted molar refractivity (Wildman–Crippen MR) is 84.7 cm³/mol. The summed E-state index contributed by atoms with van der Waals surface area (Å²) < 4.78 is 36.5. The fraction of sp³-hybridized carbons (Fsp3) is 0.176. The lowest BCUT2D eigenvalue weighted by molar-refractivity contribution is -0.133. The molecule has 0 aromatic heterocycles. The van der Waals surface area contributed by atoms with E-state index in [1.165, 1.54) is 49.4 Å². The number of carbonyl (C=O) groups is 2. The summed E-state index contributed by atoms with van der Waals surface area (Å²) in [6.07, 6.45) is -1.03. The molecule has 0 spiro atoms. The van der Waals surface area contributed by atoms with Crippen LogP contribution in [0.1, 0.15) is 6.92 Å². The second-order valence-corrected chi connectivity index (χ2v) is 4.97. The van der Waals surface area contributed by atoms with Crippen LogP contribution < -0.4 is 20.3 Å². The summed E-state index contributed by atoms with van der Waals surface area (Å²) in [7, 11) is 0. The minimum atomic E-state index is -1.03. The number of hydrazine groups is 1. The Labute approximate surface area is 142 Å². The van der Waals surface area contributed by atoms with Crippen LogP contribution in [0.25, 0.3) is 0 Å². The number of hydrogen-bond donors (Lipinski definition) is 2. The monoisotopic (exact) mass is 350 g/mol. The highest BCUT2D eigenvalue weighted by atomic mass is 19.1. The molecule has 0 aliphatic carbocycles. The molecule has 1 atom stereocenters. The molecule has 132 valence electrons. The van der Waals surface area contributed by atoms with Crippen LogP contribution in [-0.4, -0.2) is 24.5 Å². The Morgan fingerprint density at radius 2 is 1.72 bits per heavy atom. The van der Waals surface area contributed by atoms with E-state index < -0.39 is 29.6 Å². The molecule has 0 bridgehead atoms. The molecule has 2 aromatic carbocycles. The van der Waals surface area contributed by atoms with E-state index in [-0.39, 0.29) is 12.4 Å². The maximum Gasteiger partial charge on any atom is 0.279 e. The molecule has 2 rings (SSSR count). The van der Waals surface area contributed by atoms with Crippen LogP contribution >= 0.6 is 0 Å². The molecule has 0 aliphatic heterocycles. The minimum absolute atomic E-state index is 0.0730. The van der Waals surface area contributed by atoms with Gasteiger partial charge in [0.2, 0.25) is 0 Å². The number of rotatable bonds is 6. The van der Waals surface area contributed by atoms with E-state index >= 15 is 0 Å². The Morgan fingerprint density at radius 3 is 2.40 bits per heavy atom.